The first-order chi connectivity index (χ1) is 10.7. The van der Waals surface area contributed by atoms with E-state index in [4.69, 9.17) is 27.4 Å². The molecule has 0 fully saturated rings. The minimum atomic E-state index is -0.237. The fraction of sp³-hybridized carbons (Fsp3) is 0.250. The van der Waals surface area contributed by atoms with E-state index in [9.17, 15) is 4.79 Å². The lowest BCUT2D eigenvalue weighted by molar-refractivity contribution is 0.245. The highest BCUT2D eigenvalue weighted by atomic mass is 32.1. The molecule has 5 nitrogen and oxygen atoms in total. The van der Waals surface area contributed by atoms with E-state index < -0.39 is 0 Å². The first-order valence-electron chi connectivity index (χ1n) is 6.95. The first kappa shape index (κ1) is 16.0. The van der Waals surface area contributed by atoms with Crippen LogP contribution in [-0.4, -0.2) is 22.8 Å². The molecular weight excluding hydrogens is 300 g/mol. The third kappa shape index (κ3) is 4.89. The highest BCUT2D eigenvalue weighted by Crippen LogP contribution is 2.08. The normalized spacial score (nSPS) is 10.2. The summed E-state index contributed by atoms with van der Waals surface area (Å²) < 4.78 is 12.5. The molecule has 2 N–H and O–H groups in total. The molecule has 6 heteroatoms. The summed E-state index contributed by atoms with van der Waals surface area (Å²) >= 11 is 4.81. The number of nitrogens with two attached hydrogens (primary N) is 1. The third-order valence-corrected chi connectivity index (χ3v) is 3.00. The Morgan fingerprint density at radius 3 is 2.55 bits per heavy atom. The second-order valence-corrected chi connectivity index (χ2v) is 5.16. The number of ether oxygens (including phenoxy) is 2. The van der Waals surface area contributed by atoms with Gasteiger partial charge in [0.05, 0.1) is 24.7 Å². The van der Waals surface area contributed by atoms with Crippen LogP contribution in [-0.2, 0) is 6.54 Å². The van der Waals surface area contributed by atoms with Crippen molar-refractivity contribution < 1.29 is 9.47 Å². The van der Waals surface area contributed by atoms with Gasteiger partial charge in [0.1, 0.15) is 5.75 Å². The number of para-hydroxylation sites is 1. The number of aromatic nitrogens is 1. The minimum absolute atomic E-state index is 0.211. The molecule has 2 aromatic rings. The predicted molar refractivity (Wildman–Crippen MR) is 89.5 cm³/mol. The predicted octanol–water partition coefficient (Wildman–Crippen LogP) is 1.98. The standard InChI is InChI=1S/C16H18N2O3S/c17-15(22)12-18-9-4-8-14(16(18)19)21-11-5-10-20-13-6-2-1-3-7-13/h1-4,6-9H,5,10-12H2,(H2,17,22). The lowest BCUT2D eigenvalue weighted by Crippen LogP contribution is -2.27. The van der Waals surface area contributed by atoms with Crippen LogP contribution in [0.3, 0.4) is 0 Å². The number of rotatable bonds is 8. The summed E-state index contributed by atoms with van der Waals surface area (Å²) in [5, 5.41) is 0. The monoisotopic (exact) mass is 318 g/mol. The van der Waals surface area contributed by atoms with Crippen LogP contribution in [0.25, 0.3) is 0 Å². The third-order valence-electron chi connectivity index (χ3n) is 2.87. The zero-order valence-corrected chi connectivity index (χ0v) is 12.9. The van der Waals surface area contributed by atoms with Gasteiger partial charge in [-0.05, 0) is 24.3 Å². The molecular formula is C16H18N2O3S. The lowest BCUT2D eigenvalue weighted by Gasteiger charge is -2.09. The SMILES string of the molecule is NC(=S)Cn1cccc(OCCCOc2ccccc2)c1=O. The van der Waals surface area contributed by atoms with Gasteiger partial charge in [-0.3, -0.25) is 4.79 Å². The second-order valence-electron chi connectivity index (χ2n) is 4.64. The molecule has 22 heavy (non-hydrogen) atoms. The maximum atomic E-state index is 12.1. The van der Waals surface area contributed by atoms with Crippen molar-refractivity contribution in [3.8, 4) is 11.5 Å². The van der Waals surface area contributed by atoms with Gasteiger partial charge in [0.2, 0.25) is 0 Å². The largest absolute Gasteiger partial charge is 0.493 e. The Hall–Kier alpha value is -2.34. The van der Waals surface area contributed by atoms with Crippen molar-refractivity contribution >= 4 is 17.2 Å². The Morgan fingerprint density at radius 2 is 1.82 bits per heavy atom. The van der Waals surface area contributed by atoms with Gasteiger partial charge in [-0.15, -0.1) is 0 Å². The fourth-order valence-electron chi connectivity index (χ4n) is 1.86. The summed E-state index contributed by atoms with van der Waals surface area (Å²) in [7, 11) is 0. The molecule has 0 unspecified atom stereocenters. The summed E-state index contributed by atoms with van der Waals surface area (Å²) in [6, 6.07) is 12.9. The second kappa shape index (κ2) is 8.19. The molecule has 0 aliphatic heterocycles. The van der Waals surface area contributed by atoms with E-state index in [2.05, 4.69) is 0 Å². The summed E-state index contributed by atoms with van der Waals surface area (Å²) in [4.78, 5) is 12.3. The molecule has 0 bridgehead atoms. The average molecular weight is 318 g/mol. The van der Waals surface area contributed by atoms with Crippen LogP contribution in [0, 0.1) is 0 Å². The average Bonchev–Trinajstić information content (AvgIpc) is 2.51. The Morgan fingerprint density at radius 1 is 1.09 bits per heavy atom. The maximum Gasteiger partial charge on any atom is 0.293 e. The van der Waals surface area contributed by atoms with E-state index >= 15 is 0 Å². The number of pyridine rings is 1. The van der Waals surface area contributed by atoms with Gasteiger partial charge in [0, 0.05) is 12.6 Å². The van der Waals surface area contributed by atoms with Crippen molar-refractivity contribution in [2.45, 2.75) is 13.0 Å². The van der Waals surface area contributed by atoms with E-state index in [0.717, 1.165) is 5.75 Å². The lowest BCUT2D eigenvalue weighted by atomic mass is 10.3. The Labute approximate surface area is 134 Å². The quantitative estimate of drug-likeness (QED) is 0.595. The molecule has 0 saturated heterocycles. The molecule has 1 heterocycles. The molecule has 2 rings (SSSR count). The Kier molecular flexibility index (Phi) is 5.97. The maximum absolute atomic E-state index is 12.1. The number of nitrogens with zero attached hydrogens (tertiary/aromatic N) is 1. The van der Waals surface area contributed by atoms with Gasteiger partial charge in [0.15, 0.2) is 5.75 Å². The summed E-state index contributed by atoms with van der Waals surface area (Å²) in [5.74, 6) is 1.11. The van der Waals surface area contributed by atoms with Crippen LogP contribution in [0.2, 0.25) is 0 Å². The molecule has 116 valence electrons. The van der Waals surface area contributed by atoms with Crippen LogP contribution in [0.1, 0.15) is 6.42 Å². The molecule has 0 radical (unpaired) electrons. The van der Waals surface area contributed by atoms with E-state index in [1.54, 1.807) is 18.3 Å². The molecule has 0 atom stereocenters. The van der Waals surface area contributed by atoms with Crippen LogP contribution in [0.5, 0.6) is 11.5 Å². The van der Waals surface area contributed by atoms with Crippen molar-refractivity contribution in [3.05, 3.63) is 59.0 Å². The van der Waals surface area contributed by atoms with Gasteiger partial charge in [-0.2, -0.15) is 0 Å². The minimum Gasteiger partial charge on any atom is -0.493 e. The Balaban J connectivity index is 1.79. The van der Waals surface area contributed by atoms with Gasteiger partial charge in [-0.25, -0.2) is 0 Å². The van der Waals surface area contributed by atoms with Crippen molar-refractivity contribution in [2.75, 3.05) is 13.2 Å². The molecule has 1 aromatic carbocycles. The van der Waals surface area contributed by atoms with Crippen LogP contribution in [0.15, 0.2) is 53.5 Å². The number of hydrogen-bond acceptors (Lipinski definition) is 4. The highest BCUT2D eigenvalue weighted by Gasteiger charge is 2.05. The number of thiocarbonyl (C=S) groups is 1. The van der Waals surface area contributed by atoms with Gasteiger partial charge < -0.3 is 19.8 Å². The van der Waals surface area contributed by atoms with Crippen LogP contribution >= 0.6 is 12.2 Å². The van der Waals surface area contributed by atoms with Crippen LogP contribution < -0.4 is 20.8 Å². The number of hydrogen-bond donors (Lipinski definition) is 1. The summed E-state index contributed by atoms with van der Waals surface area (Å²) in [5.41, 5.74) is 5.22. The van der Waals surface area contributed by atoms with Crippen molar-refractivity contribution in [1.29, 1.82) is 0 Å². The fourth-order valence-corrected chi connectivity index (χ4v) is 2.00. The van der Waals surface area contributed by atoms with Crippen molar-refractivity contribution in [1.82, 2.24) is 4.57 Å². The van der Waals surface area contributed by atoms with Gasteiger partial charge >= 0.3 is 0 Å². The molecule has 0 aliphatic carbocycles. The molecule has 0 spiro atoms. The summed E-state index contributed by atoms with van der Waals surface area (Å²) in [6.45, 7) is 1.14. The van der Waals surface area contributed by atoms with Gasteiger partial charge in [0.25, 0.3) is 5.56 Å². The zero-order valence-electron chi connectivity index (χ0n) is 12.1. The van der Waals surface area contributed by atoms with E-state index in [1.165, 1.54) is 4.57 Å². The van der Waals surface area contributed by atoms with Crippen LogP contribution in [0.4, 0.5) is 0 Å². The highest BCUT2D eigenvalue weighted by molar-refractivity contribution is 7.80. The zero-order chi connectivity index (χ0) is 15.8. The molecule has 0 amide bonds. The van der Waals surface area contributed by atoms with Crippen molar-refractivity contribution in [2.24, 2.45) is 5.73 Å². The first-order valence-corrected chi connectivity index (χ1v) is 7.36. The Bertz CT molecular complexity index is 671. The van der Waals surface area contributed by atoms with Crippen molar-refractivity contribution in [3.63, 3.8) is 0 Å². The number of benzene rings is 1. The van der Waals surface area contributed by atoms with E-state index in [-0.39, 0.29) is 17.1 Å². The molecule has 0 saturated carbocycles. The van der Waals surface area contributed by atoms with E-state index in [0.29, 0.717) is 25.4 Å². The summed E-state index contributed by atoms with van der Waals surface area (Å²) in [6.07, 6.45) is 2.31. The topological polar surface area (TPSA) is 66.5 Å². The van der Waals surface area contributed by atoms with E-state index in [1.807, 2.05) is 30.3 Å². The smallest absolute Gasteiger partial charge is 0.293 e. The molecule has 0 aliphatic rings. The van der Waals surface area contributed by atoms with Gasteiger partial charge in [-0.1, -0.05) is 30.4 Å². The molecule has 1 aromatic heterocycles.